The molecule has 0 atom stereocenters. The van der Waals surface area contributed by atoms with Crippen molar-refractivity contribution >= 4 is 39.4 Å². The second-order valence-corrected chi connectivity index (χ2v) is 8.39. The topological polar surface area (TPSA) is 3.88 Å². The van der Waals surface area contributed by atoms with Crippen LogP contribution in [0.25, 0.3) is 50.7 Å². The SMILES string of the molecule is C=Cc1ccc2c(c1C=C)-c1ccc3c4ccccc4ccc3[n+]1C(CC)(CC)C2=C. The van der Waals surface area contributed by atoms with Gasteiger partial charge in [0.1, 0.15) is 0 Å². The average Bonchev–Trinajstić information content (AvgIpc) is 2.83. The molecule has 5 rings (SSSR count). The van der Waals surface area contributed by atoms with Crippen LogP contribution >= 0.6 is 0 Å². The smallest absolute Gasteiger partial charge is 0.181 e. The molecule has 0 bridgehead atoms. The molecular formula is C30H28N+. The Balaban J connectivity index is 2.02. The molecule has 152 valence electrons. The predicted octanol–water partition coefficient (Wildman–Crippen LogP) is 7.78. The number of fused-ring (bicyclic) bond motifs is 7. The van der Waals surface area contributed by atoms with Crippen molar-refractivity contribution in [1.82, 2.24) is 0 Å². The van der Waals surface area contributed by atoms with Crippen LogP contribution in [0.4, 0.5) is 0 Å². The maximum Gasteiger partial charge on any atom is 0.215 e. The Labute approximate surface area is 184 Å². The number of hydrogen-bond acceptors (Lipinski definition) is 0. The van der Waals surface area contributed by atoms with Gasteiger partial charge in [-0.3, -0.25) is 0 Å². The second kappa shape index (κ2) is 7.06. The highest BCUT2D eigenvalue weighted by molar-refractivity contribution is 6.06. The molecule has 0 amide bonds. The van der Waals surface area contributed by atoms with Crippen molar-refractivity contribution in [2.24, 2.45) is 0 Å². The lowest BCUT2D eigenvalue weighted by Crippen LogP contribution is -2.59. The molecule has 31 heavy (non-hydrogen) atoms. The Hall–Kier alpha value is -3.45. The van der Waals surface area contributed by atoms with Crippen LogP contribution in [-0.4, -0.2) is 0 Å². The highest BCUT2D eigenvalue weighted by Gasteiger charge is 2.48. The first-order valence-corrected chi connectivity index (χ1v) is 11.1. The standard InChI is InChI=1S/C30H28N/c1-6-21-14-16-24-20(5)30(8-3,9-4)31-27-18-15-22-12-10-11-13-25(22)26(27)17-19-28(31)29(24)23(21)7-2/h6-7,10-19H,1-2,5,8-9H2,3-4H3/q+1. The van der Waals surface area contributed by atoms with Gasteiger partial charge >= 0.3 is 0 Å². The van der Waals surface area contributed by atoms with Crippen LogP contribution in [0.1, 0.15) is 43.4 Å². The molecule has 0 N–H and O–H groups in total. The van der Waals surface area contributed by atoms with Gasteiger partial charge in [0, 0.05) is 30.5 Å². The largest absolute Gasteiger partial charge is 0.215 e. The van der Waals surface area contributed by atoms with E-state index in [2.05, 4.69) is 98.8 Å². The van der Waals surface area contributed by atoms with E-state index >= 15 is 0 Å². The summed E-state index contributed by atoms with van der Waals surface area (Å²) in [5.74, 6) is 0. The van der Waals surface area contributed by atoms with Gasteiger partial charge in [-0.2, -0.15) is 4.57 Å². The third-order valence-corrected chi connectivity index (χ3v) is 7.28. The summed E-state index contributed by atoms with van der Waals surface area (Å²) in [6, 6.07) is 22.1. The lowest BCUT2D eigenvalue weighted by molar-refractivity contribution is -0.718. The molecule has 2 heterocycles. The number of rotatable bonds is 4. The first kappa shape index (κ1) is 19.5. The van der Waals surface area contributed by atoms with Gasteiger partial charge in [-0.25, -0.2) is 0 Å². The first-order valence-electron chi connectivity index (χ1n) is 11.1. The normalized spacial score (nSPS) is 14.3. The van der Waals surface area contributed by atoms with E-state index in [9.17, 15) is 0 Å². The van der Waals surface area contributed by atoms with Gasteiger partial charge < -0.3 is 0 Å². The van der Waals surface area contributed by atoms with Crippen molar-refractivity contribution in [2.75, 3.05) is 0 Å². The van der Waals surface area contributed by atoms with Crippen LogP contribution in [0.15, 0.2) is 80.4 Å². The maximum atomic E-state index is 4.67. The van der Waals surface area contributed by atoms with Crippen molar-refractivity contribution in [3.8, 4) is 11.3 Å². The summed E-state index contributed by atoms with van der Waals surface area (Å²) in [5, 5.41) is 3.84. The van der Waals surface area contributed by atoms with Crippen LogP contribution in [0, 0.1) is 0 Å². The molecule has 1 nitrogen and oxygen atoms in total. The Morgan fingerprint density at radius 3 is 2.32 bits per heavy atom. The van der Waals surface area contributed by atoms with E-state index in [0.717, 1.165) is 24.0 Å². The zero-order valence-electron chi connectivity index (χ0n) is 18.4. The van der Waals surface area contributed by atoms with Crippen molar-refractivity contribution in [3.63, 3.8) is 0 Å². The second-order valence-electron chi connectivity index (χ2n) is 8.39. The number of allylic oxidation sites excluding steroid dienone is 1. The van der Waals surface area contributed by atoms with Crippen LogP contribution < -0.4 is 4.57 Å². The molecule has 0 aliphatic carbocycles. The van der Waals surface area contributed by atoms with Gasteiger partial charge in [-0.15, -0.1) is 0 Å². The van der Waals surface area contributed by atoms with Gasteiger partial charge in [0.05, 0.1) is 10.9 Å². The monoisotopic (exact) mass is 402 g/mol. The van der Waals surface area contributed by atoms with Gasteiger partial charge in [0.15, 0.2) is 5.54 Å². The van der Waals surface area contributed by atoms with Gasteiger partial charge in [-0.1, -0.05) is 82.1 Å². The van der Waals surface area contributed by atoms with Crippen molar-refractivity contribution in [3.05, 3.63) is 97.1 Å². The zero-order valence-corrected chi connectivity index (χ0v) is 18.4. The van der Waals surface area contributed by atoms with E-state index in [1.54, 1.807) is 0 Å². The molecule has 1 aliphatic rings. The molecule has 0 spiro atoms. The van der Waals surface area contributed by atoms with Crippen LogP contribution in [0.2, 0.25) is 0 Å². The highest BCUT2D eigenvalue weighted by Crippen LogP contribution is 2.47. The average molecular weight is 403 g/mol. The molecule has 0 saturated carbocycles. The summed E-state index contributed by atoms with van der Waals surface area (Å²) >= 11 is 0. The summed E-state index contributed by atoms with van der Waals surface area (Å²) in [7, 11) is 0. The van der Waals surface area contributed by atoms with Crippen LogP contribution in [0.5, 0.6) is 0 Å². The van der Waals surface area contributed by atoms with Gasteiger partial charge in [0.2, 0.25) is 11.2 Å². The van der Waals surface area contributed by atoms with E-state index in [-0.39, 0.29) is 5.54 Å². The minimum absolute atomic E-state index is 0.168. The van der Waals surface area contributed by atoms with Crippen molar-refractivity contribution < 1.29 is 4.57 Å². The Kier molecular flexibility index (Phi) is 4.44. The van der Waals surface area contributed by atoms with E-state index in [0.29, 0.717) is 0 Å². The molecule has 1 aromatic heterocycles. The van der Waals surface area contributed by atoms with E-state index < -0.39 is 0 Å². The lowest BCUT2D eigenvalue weighted by Gasteiger charge is -2.36. The van der Waals surface area contributed by atoms with Crippen molar-refractivity contribution in [2.45, 2.75) is 32.2 Å². The summed E-state index contributed by atoms with van der Waals surface area (Å²) < 4.78 is 2.55. The van der Waals surface area contributed by atoms with Gasteiger partial charge in [-0.05, 0) is 39.6 Å². The molecule has 0 fully saturated rings. The number of aromatic nitrogens is 1. The van der Waals surface area contributed by atoms with Crippen molar-refractivity contribution in [1.29, 1.82) is 0 Å². The van der Waals surface area contributed by atoms with Crippen LogP contribution in [0.3, 0.4) is 0 Å². The Morgan fingerprint density at radius 2 is 1.61 bits per heavy atom. The number of benzene rings is 3. The summed E-state index contributed by atoms with van der Waals surface area (Å²) in [6.07, 6.45) is 5.85. The fourth-order valence-corrected chi connectivity index (χ4v) is 5.62. The molecule has 0 radical (unpaired) electrons. The molecular weight excluding hydrogens is 374 g/mol. The predicted molar refractivity (Wildman–Crippen MR) is 135 cm³/mol. The fourth-order valence-electron chi connectivity index (χ4n) is 5.62. The molecule has 1 aliphatic heterocycles. The van der Waals surface area contributed by atoms with Crippen LogP contribution in [-0.2, 0) is 5.54 Å². The molecule has 0 saturated heterocycles. The summed E-state index contributed by atoms with van der Waals surface area (Å²) in [6.45, 7) is 17.4. The molecule has 4 aromatic rings. The first-order chi connectivity index (χ1) is 15.1. The minimum Gasteiger partial charge on any atom is -0.181 e. The minimum atomic E-state index is -0.168. The molecule has 3 aromatic carbocycles. The van der Waals surface area contributed by atoms with Gasteiger partial charge in [0.25, 0.3) is 0 Å². The van der Waals surface area contributed by atoms with E-state index in [1.165, 1.54) is 44.1 Å². The lowest BCUT2D eigenvalue weighted by atomic mass is 9.73. The quantitative estimate of drug-likeness (QED) is 0.242. The van der Waals surface area contributed by atoms with E-state index in [1.807, 2.05) is 12.2 Å². The summed E-state index contributed by atoms with van der Waals surface area (Å²) in [4.78, 5) is 0. The number of pyridine rings is 1. The van der Waals surface area contributed by atoms with E-state index in [4.69, 9.17) is 0 Å². The number of hydrogen-bond donors (Lipinski definition) is 0. The fraction of sp³-hybridized carbons (Fsp3) is 0.167. The summed E-state index contributed by atoms with van der Waals surface area (Å²) in [5.41, 5.74) is 8.17. The molecule has 0 unspecified atom stereocenters. The number of nitrogens with zero attached hydrogens (tertiary/aromatic N) is 1. The Bertz CT molecular complexity index is 1400. The maximum absolute atomic E-state index is 4.67. The Morgan fingerprint density at radius 1 is 0.839 bits per heavy atom. The third-order valence-electron chi connectivity index (χ3n) is 7.28. The third kappa shape index (κ3) is 2.47. The molecule has 1 heteroatoms. The highest BCUT2D eigenvalue weighted by atomic mass is 15.1. The zero-order chi connectivity index (χ0) is 21.8.